The lowest BCUT2D eigenvalue weighted by atomic mass is 9.83. The van der Waals surface area contributed by atoms with Crippen LogP contribution in [0.1, 0.15) is 49.7 Å². The lowest BCUT2D eigenvalue weighted by molar-refractivity contribution is 0.400. The Kier molecular flexibility index (Phi) is 8.65. The molecule has 0 spiro atoms. The Balaban J connectivity index is 0.00000288. The average Bonchev–Trinajstić information content (AvgIpc) is 3.01. The molecule has 1 aromatic heterocycles. The summed E-state index contributed by atoms with van der Waals surface area (Å²) in [5.74, 6) is 0.622. The van der Waals surface area contributed by atoms with Gasteiger partial charge in [-0.25, -0.2) is 4.68 Å². The zero-order valence-electron chi connectivity index (χ0n) is 13.4. The van der Waals surface area contributed by atoms with Gasteiger partial charge in [0, 0.05) is 5.02 Å². The molecule has 2 atom stereocenters. The normalized spacial score (nSPS) is 13.2. The van der Waals surface area contributed by atoms with E-state index in [1.54, 1.807) is 4.68 Å². The van der Waals surface area contributed by atoms with E-state index < -0.39 is 7.12 Å². The van der Waals surface area contributed by atoms with E-state index in [9.17, 15) is 0 Å². The number of aromatic nitrogens is 4. The Morgan fingerprint density at radius 3 is 2.54 bits per heavy atom. The first-order valence-electron chi connectivity index (χ1n) is 7.64. The highest BCUT2D eigenvalue weighted by Crippen LogP contribution is 2.23. The lowest BCUT2D eigenvalue weighted by Gasteiger charge is -2.17. The molecular formula is C14H22BCl2N5O2. The third-order valence-electron chi connectivity index (χ3n) is 3.80. The van der Waals surface area contributed by atoms with Gasteiger partial charge in [-0.2, -0.15) is 0 Å². The third kappa shape index (κ3) is 5.72. The minimum atomic E-state index is -1.26. The summed E-state index contributed by atoms with van der Waals surface area (Å²) in [5.41, 5.74) is 7.23. The Hall–Kier alpha value is -1.19. The second kappa shape index (κ2) is 9.95. The predicted molar refractivity (Wildman–Crippen MR) is 96.1 cm³/mol. The summed E-state index contributed by atoms with van der Waals surface area (Å²) in [4.78, 5) is 0. The zero-order chi connectivity index (χ0) is 16.8. The smallest absolute Gasteiger partial charge is 0.427 e. The molecule has 132 valence electrons. The molecule has 0 fully saturated rings. The molecule has 0 aliphatic heterocycles. The largest absolute Gasteiger partial charge is 0.451 e. The number of nitrogens with two attached hydrogens (primary N) is 1. The summed E-state index contributed by atoms with van der Waals surface area (Å²) >= 11 is 5.91. The van der Waals surface area contributed by atoms with Crippen LogP contribution in [0.15, 0.2) is 24.3 Å². The summed E-state index contributed by atoms with van der Waals surface area (Å²) < 4.78 is 1.72. The van der Waals surface area contributed by atoms with Gasteiger partial charge >= 0.3 is 7.12 Å². The number of tetrazole rings is 1. The highest BCUT2D eigenvalue weighted by Gasteiger charge is 2.20. The van der Waals surface area contributed by atoms with Gasteiger partial charge in [-0.15, -0.1) is 17.5 Å². The SMILES string of the molecule is C[C@H](c1ccc(Cl)cc1)n1nnnc1C(N)CCCCB(O)O.Cl. The molecule has 0 aliphatic rings. The van der Waals surface area contributed by atoms with Crippen molar-refractivity contribution >= 4 is 31.1 Å². The van der Waals surface area contributed by atoms with Crippen LogP contribution in [0.5, 0.6) is 0 Å². The molecule has 1 unspecified atom stereocenters. The average molecular weight is 374 g/mol. The molecular weight excluding hydrogens is 352 g/mol. The fourth-order valence-electron chi connectivity index (χ4n) is 2.42. The maximum atomic E-state index is 8.84. The van der Waals surface area contributed by atoms with Gasteiger partial charge in [0.2, 0.25) is 0 Å². The lowest BCUT2D eigenvalue weighted by Crippen LogP contribution is -2.20. The second-order valence-corrected chi connectivity index (χ2v) is 6.02. The zero-order valence-corrected chi connectivity index (χ0v) is 15.0. The summed E-state index contributed by atoms with van der Waals surface area (Å²) in [5, 5.41) is 30.2. The fourth-order valence-corrected chi connectivity index (χ4v) is 2.55. The topological polar surface area (TPSA) is 110 Å². The van der Waals surface area contributed by atoms with Gasteiger partial charge in [0.15, 0.2) is 5.82 Å². The second-order valence-electron chi connectivity index (χ2n) is 5.58. The van der Waals surface area contributed by atoms with Crippen LogP contribution in [0, 0.1) is 0 Å². The summed E-state index contributed by atoms with van der Waals surface area (Å²) in [6.07, 6.45) is 2.50. The number of hydrogen-bond acceptors (Lipinski definition) is 6. The van der Waals surface area contributed by atoms with Crippen molar-refractivity contribution in [3.8, 4) is 0 Å². The van der Waals surface area contributed by atoms with Crippen molar-refractivity contribution in [3.05, 3.63) is 40.7 Å². The maximum absolute atomic E-state index is 8.84. The highest BCUT2D eigenvalue weighted by atomic mass is 35.5. The van der Waals surface area contributed by atoms with Gasteiger partial charge in [-0.3, -0.25) is 0 Å². The molecule has 2 rings (SSSR count). The molecule has 2 aromatic rings. The molecule has 0 saturated carbocycles. The van der Waals surface area contributed by atoms with E-state index in [4.69, 9.17) is 27.4 Å². The van der Waals surface area contributed by atoms with Gasteiger partial charge in [-0.1, -0.05) is 36.6 Å². The van der Waals surface area contributed by atoms with Crippen molar-refractivity contribution in [1.29, 1.82) is 0 Å². The van der Waals surface area contributed by atoms with Gasteiger partial charge in [0.1, 0.15) is 0 Å². The first-order valence-corrected chi connectivity index (χ1v) is 8.01. The van der Waals surface area contributed by atoms with Crippen molar-refractivity contribution < 1.29 is 10.0 Å². The molecule has 0 amide bonds. The van der Waals surface area contributed by atoms with Crippen LogP contribution in [0.25, 0.3) is 0 Å². The predicted octanol–water partition coefficient (Wildman–Crippen LogP) is 2.00. The summed E-state index contributed by atoms with van der Waals surface area (Å²) in [7, 11) is -1.26. The van der Waals surface area contributed by atoms with Gasteiger partial charge < -0.3 is 15.8 Å². The van der Waals surface area contributed by atoms with E-state index >= 15 is 0 Å². The van der Waals surface area contributed by atoms with E-state index in [0.29, 0.717) is 30.0 Å². The summed E-state index contributed by atoms with van der Waals surface area (Å²) in [6.45, 7) is 2.00. The van der Waals surface area contributed by atoms with Gasteiger partial charge in [0.05, 0.1) is 12.1 Å². The van der Waals surface area contributed by atoms with E-state index in [1.165, 1.54) is 0 Å². The molecule has 24 heavy (non-hydrogen) atoms. The van der Waals surface area contributed by atoms with Crippen LogP contribution in [0.3, 0.4) is 0 Å². The van der Waals surface area contributed by atoms with Crippen molar-refractivity contribution in [2.75, 3.05) is 0 Å². The highest BCUT2D eigenvalue weighted by molar-refractivity contribution is 6.40. The van der Waals surface area contributed by atoms with Gasteiger partial charge in [0.25, 0.3) is 0 Å². The van der Waals surface area contributed by atoms with Crippen LogP contribution in [-0.4, -0.2) is 37.4 Å². The molecule has 0 bridgehead atoms. The number of benzene rings is 1. The minimum Gasteiger partial charge on any atom is -0.427 e. The quantitative estimate of drug-likeness (QED) is 0.482. The van der Waals surface area contributed by atoms with E-state index in [2.05, 4.69) is 15.5 Å². The van der Waals surface area contributed by atoms with E-state index in [1.807, 2.05) is 31.2 Å². The van der Waals surface area contributed by atoms with E-state index in [0.717, 1.165) is 12.0 Å². The maximum Gasteiger partial charge on any atom is 0.451 e. The van der Waals surface area contributed by atoms with Crippen molar-refractivity contribution in [3.63, 3.8) is 0 Å². The molecule has 4 N–H and O–H groups in total. The Labute approximate surface area is 152 Å². The molecule has 0 radical (unpaired) electrons. The molecule has 10 heteroatoms. The van der Waals surface area contributed by atoms with Crippen molar-refractivity contribution in [1.82, 2.24) is 20.2 Å². The van der Waals surface area contributed by atoms with Crippen LogP contribution < -0.4 is 5.73 Å². The van der Waals surface area contributed by atoms with Crippen LogP contribution in [0.2, 0.25) is 11.3 Å². The van der Waals surface area contributed by atoms with Crippen LogP contribution in [-0.2, 0) is 0 Å². The number of nitrogens with zero attached hydrogens (tertiary/aromatic N) is 4. The molecule has 0 aliphatic carbocycles. The Bertz CT molecular complexity index is 611. The molecule has 0 saturated heterocycles. The number of hydrogen-bond donors (Lipinski definition) is 3. The Morgan fingerprint density at radius 1 is 1.25 bits per heavy atom. The van der Waals surface area contributed by atoms with Crippen molar-refractivity contribution in [2.24, 2.45) is 5.73 Å². The standard InChI is InChI=1S/C14H21BClN5O2.ClH/c1-10(11-5-7-12(16)8-6-11)21-14(18-19-20-21)13(17)4-2-3-9-15(22)23;/h5-8,10,13,22-23H,2-4,9,17H2,1H3;1H/t10-,13?;/m1./s1. The third-order valence-corrected chi connectivity index (χ3v) is 4.05. The summed E-state index contributed by atoms with van der Waals surface area (Å²) in [6, 6.07) is 7.19. The molecule has 7 nitrogen and oxygen atoms in total. The first kappa shape index (κ1) is 20.9. The number of unbranched alkanes of at least 4 members (excludes halogenated alkanes) is 1. The number of halogens is 2. The van der Waals surface area contributed by atoms with Gasteiger partial charge in [-0.05, 0) is 47.8 Å². The fraction of sp³-hybridized carbons (Fsp3) is 0.500. The minimum absolute atomic E-state index is 0. The van der Waals surface area contributed by atoms with Crippen LogP contribution >= 0.6 is 24.0 Å². The monoisotopic (exact) mass is 373 g/mol. The molecule has 1 aromatic carbocycles. The van der Waals surface area contributed by atoms with E-state index in [-0.39, 0.29) is 24.5 Å². The van der Waals surface area contributed by atoms with Crippen molar-refractivity contribution in [2.45, 2.75) is 44.6 Å². The van der Waals surface area contributed by atoms with Crippen LogP contribution in [0.4, 0.5) is 0 Å². The molecule has 1 heterocycles. The Morgan fingerprint density at radius 2 is 1.92 bits per heavy atom. The number of rotatable bonds is 8. The first-order chi connectivity index (χ1) is 11.0.